The first-order chi connectivity index (χ1) is 12.1. The average molecular weight is 366 g/mol. The monoisotopic (exact) mass is 366 g/mol. The molecule has 3 fully saturated rings. The lowest BCUT2D eigenvalue weighted by Crippen LogP contribution is -2.49. The van der Waals surface area contributed by atoms with Gasteiger partial charge in [-0.05, 0) is 18.3 Å². The molecule has 1 aliphatic heterocycles. The fraction of sp³-hybridized carbons (Fsp3) is 0.800. The van der Waals surface area contributed by atoms with Gasteiger partial charge in [0.25, 0.3) is 0 Å². The summed E-state index contributed by atoms with van der Waals surface area (Å²) in [5.41, 5.74) is -0.623. The minimum Gasteiger partial charge on any atom is -0.462 e. The van der Waals surface area contributed by atoms with Gasteiger partial charge in [0.1, 0.15) is 12.2 Å². The molecule has 6 nitrogen and oxygen atoms in total. The smallest absolute Gasteiger partial charge is 0.334 e. The van der Waals surface area contributed by atoms with Crippen molar-refractivity contribution in [2.75, 3.05) is 0 Å². The first kappa shape index (κ1) is 19.4. The number of esters is 2. The van der Waals surface area contributed by atoms with Crippen LogP contribution in [0.3, 0.4) is 0 Å². The van der Waals surface area contributed by atoms with Gasteiger partial charge in [0.2, 0.25) is 0 Å². The summed E-state index contributed by atoms with van der Waals surface area (Å²) in [6.45, 7) is 11.6. The Labute approximate surface area is 154 Å². The topological polar surface area (TPSA) is 93.1 Å². The molecule has 2 saturated carbocycles. The third-order valence-electron chi connectivity index (χ3n) is 6.67. The highest BCUT2D eigenvalue weighted by Gasteiger charge is 2.64. The number of aliphatic hydroxyl groups excluding tert-OH is 2. The number of aliphatic hydroxyl groups is 2. The van der Waals surface area contributed by atoms with Crippen molar-refractivity contribution in [3.05, 3.63) is 12.2 Å². The van der Waals surface area contributed by atoms with Crippen LogP contribution in [0, 0.1) is 29.1 Å². The molecular weight excluding hydrogens is 336 g/mol. The molecule has 3 aliphatic rings. The minimum atomic E-state index is -0.981. The van der Waals surface area contributed by atoms with E-state index in [-0.39, 0.29) is 29.3 Å². The van der Waals surface area contributed by atoms with Crippen LogP contribution in [0.25, 0.3) is 0 Å². The van der Waals surface area contributed by atoms with Gasteiger partial charge >= 0.3 is 11.9 Å². The minimum absolute atomic E-state index is 0.0114. The van der Waals surface area contributed by atoms with Gasteiger partial charge in [-0.2, -0.15) is 0 Å². The fourth-order valence-corrected chi connectivity index (χ4v) is 5.42. The van der Waals surface area contributed by atoms with E-state index in [0.29, 0.717) is 19.3 Å². The zero-order valence-electron chi connectivity index (χ0n) is 16.0. The molecule has 8 atom stereocenters. The second-order valence-corrected chi connectivity index (χ2v) is 8.92. The van der Waals surface area contributed by atoms with Crippen molar-refractivity contribution in [1.29, 1.82) is 0 Å². The Hall–Kier alpha value is -1.40. The van der Waals surface area contributed by atoms with Gasteiger partial charge in [0.05, 0.1) is 18.1 Å². The van der Waals surface area contributed by atoms with Gasteiger partial charge in [0, 0.05) is 29.7 Å². The largest absolute Gasteiger partial charge is 0.462 e. The Kier molecular flexibility index (Phi) is 4.95. The molecule has 2 aliphatic carbocycles. The van der Waals surface area contributed by atoms with Gasteiger partial charge in [-0.15, -0.1) is 0 Å². The first-order valence-corrected chi connectivity index (χ1v) is 9.52. The summed E-state index contributed by atoms with van der Waals surface area (Å²) < 4.78 is 11.2. The van der Waals surface area contributed by atoms with Crippen molar-refractivity contribution in [3.8, 4) is 0 Å². The quantitative estimate of drug-likeness (QED) is 0.585. The summed E-state index contributed by atoms with van der Waals surface area (Å²) >= 11 is 0. The second kappa shape index (κ2) is 6.64. The zero-order chi connectivity index (χ0) is 19.4. The Bertz CT molecular complexity index is 613. The molecule has 2 N–H and O–H groups in total. The third-order valence-corrected chi connectivity index (χ3v) is 6.67. The van der Waals surface area contributed by atoms with Crippen LogP contribution < -0.4 is 0 Å². The Morgan fingerprint density at radius 2 is 2.04 bits per heavy atom. The van der Waals surface area contributed by atoms with Gasteiger partial charge < -0.3 is 19.7 Å². The van der Waals surface area contributed by atoms with Gasteiger partial charge in [-0.25, -0.2) is 4.79 Å². The van der Waals surface area contributed by atoms with Crippen LogP contribution in [0.5, 0.6) is 0 Å². The van der Waals surface area contributed by atoms with E-state index in [1.807, 2.05) is 27.7 Å². The predicted octanol–water partition coefficient (Wildman–Crippen LogP) is 1.83. The van der Waals surface area contributed by atoms with E-state index < -0.39 is 41.7 Å². The molecule has 6 heteroatoms. The van der Waals surface area contributed by atoms with E-state index in [0.717, 1.165) is 0 Å². The van der Waals surface area contributed by atoms with E-state index in [2.05, 4.69) is 6.58 Å². The molecular formula is C20H30O6. The molecule has 0 unspecified atom stereocenters. The highest BCUT2D eigenvalue weighted by atomic mass is 16.6. The normalized spacial score (nSPS) is 45.1. The molecule has 26 heavy (non-hydrogen) atoms. The summed E-state index contributed by atoms with van der Waals surface area (Å²) in [6, 6.07) is 0. The van der Waals surface area contributed by atoms with E-state index in [9.17, 15) is 19.8 Å². The molecule has 1 heterocycles. The zero-order valence-corrected chi connectivity index (χ0v) is 16.0. The van der Waals surface area contributed by atoms with Crippen LogP contribution >= 0.6 is 0 Å². The number of rotatable bonds is 3. The van der Waals surface area contributed by atoms with E-state index in [4.69, 9.17) is 9.47 Å². The SMILES string of the molecule is C=C1C(=O)O[C@H]2C[C@@H](C)[C@@H]3[C@@H](OC(=O)CC(C)C)C[C@@H](O)[C@@]3(C)[C@H](O)[C@H]12. The van der Waals surface area contributed by atoms with Gasteiger partial charge in [-0.1, -0.05) is 34.3 Å². The van der Waals surface area contributed by atoms with Crippen LogP contribution in [-0.2, 0) is 19.1 Å². The van der Waals surface area contributed by atoms with Crippen molar-refractivity contribution >= 4 is 11.9 Å². The molecule has 0 aromatic rings. The van der Waals surface area contributed by atoms with Gasteiger partial charge in [-0.3, -0.25) is 4.79 Å². The summed E-state index contributed by atoms with van der Waals surface area (Å²) in [4.78, 5) is 24.1. The van der Waals surface area contributed by atoms with Crippen molar-refractivity contribution in [1.82, 2.24) is 0 Å². The summed E-state index contributed by atoms with van der Waals surface area (Å²) in [5.74, 6) is -1.28. The molecule has 0 spiro atoms. The van der Waals surface area contributed by atoms with E-state index in [1.54, 1.807) is 0 Å². The maximum absolute atomic E-state index is 12.2. The summed E-state index contributed by atoms with van der Waals surface area (Å²) in [7, 11) is 0. The molecule has 0 bridgehead atoms. The number of hydrogen-bond donors (Lipinski definition) is 2. The van der Waals surface area contributed by atoms with Crippen LogP contribution in [-0.4, -0.2) is 46.6 Å². The van der Waals surface area contributed by atoms with Gasteiger partial charge in [0.15, 0.2) is 0 Å². The summed E-state index contributed by atoms with van der Waals surface area (Å²) in [6.07, 6.45) is -1.53. The Balaban J connectivity index is 1.91. The van der Waals surface area contributed by atoms with Crippen LogP contribution in [0.4, 0.5) is 0 Å². The average Bonchev–Trinajstić information content (AvgIpc) is 2.89. The van der Waals surface area contributed by atoms with E-state index >= 15 is 0 Å². The molecule has 0 amide bonds. The number of fused-ring (bicyclic) bond motifs is 2. The molecule has 1 saturated heterocycles. The molecule has 0 aromatic carbocycles. The molecule has 0 aromatic heterocycles. The highest BCUT2D eigenvalue weighted by molar-refractivity contribution is 5.91. The molecule has 0 radical (unpaired) electrons. The fourth-order valence-electron chi connectivity index (χ4n) is 5.42. The number of carbonyl (C=O) groups is 2. The number of carbonyl (C=O) groups excluding carboxylic acids is 2. The maximum atomic E-state index is 12.2. The van der Waals surface area contributed by atoms with E-state index in [1.165, 1.54) is 0 Å². The maximum Gasteiger partial charge on any atom is 0.334 e. The number of ether oxygens (including phenoxy) is 2. The van der Waals surface area contributed by atoms with Crippen LogP contribution in [0.1, 0.15) is 47.0 Å². The predicted molar refractivity (Wildman–Crippen MR) is 93.9 cm³/mol. The lowest BCUT2D eigenvalue weighted by Gasteiger charge is -2.41. The Morgan fingerprint density at radius 3 is 2.65 bits per heavy atom. The summed E-state index contributed by atoms with van der Waals surface area (Å²) in [5, 5.41) is 22.0. The molecule has 3 rings (SSSR count). The second-order valence-electron chi connectivity index (χ2n) is 8.92. The van der Waals surface area contributed by atoms with Crippen molar-refractivity contribution in [2.45, 2.75) is 71.4 Å². The van der Waals surface area contributed by atoms with Crippen molar-refractivity contribution < 1.29 is 29.3 Å². The Morgan fingerprint density at radius 1 is 1.38 bits per heavy atom. The molecule has 146 valence electrons. The lowest BCUT2D eigenvalue weighted by molar-refractivity contribution is -0.155. The van der Waals surface area contributed by atoms with Crippen molar-refractivity contribution in [2.24, 2.45) is 29.1 Å². The van der Waals surface area contributed by atoms with Crippen LogP contribution in [0.15, 0.2) is 12.2 Å². The van der Waals surface area contributed by atoms with Crippen molar-refractivity contribution in [3.63, 3.8) is 0 Å². The highest BCUT2D eigenvalue weighted by Crippen LogP contribution is 2.57. The lowest BCUT2D eigenvalue weighted by atomic mass is 9.67. The number of hydrogen-bond acceptors (Lipinski definition) is 6. The third kappa shape index (κ3) is 2.87. The standard InChI is InChI=1S/C20H30O6/c1-9(2)6-15(22)25-13-8-14(21)20(5)17(13)10(3)7-12-16(18(20)23)11(4)19(24)26-12/h9-10,12-14,16-18,21,23H,4,6-8H2,1-3,5H3/t10-,12+,13+,14-,16-,17-,18-,20-/m1/s1. The van der Waals surface area contributed by atoms with Crippen LogP contribution in [0.2, 0.25) is 0 Å². The first-order valence-electron chi connectivity index (χ1n) is 9.52.